The van der Waals surface area contributed by atoms with Crippen LogP contribution in [0.3, 0.4) is 0 Å². The predicted molar refractivity (Wildman–Crippen MR) is 138 cm³/mol. The van der Waals surface area contributed by atoms with Crippen molar-refractivity contribution in [1.82, 2.24) is 4.90 Å². The largest absolute Gasteiger partial charge is 0.493 e. The third-order valence-corrected chi connectivity index (χ3v) is 7.76. The normalized spacial score (nSPS) is 21.8. The van der Waals surface area contributed by atoms with Gasteiger partial charge in [-0.3, -0.25) is 0 Å². The van der Waals surface area contributed by atoms with Crippen LogP contribution in [0.4, 0.5) is 5.69 Å². The maximum Gasteiger partial charge on any atom is 0.339 e. The summed E-state index contributed by atoms with van der Waals surface area (Å²) in [4.78, 5) is 14.1. The Hall–Kier alpha value is -2.53. The van der Waals surface area contributed by atoms with Gasteiger partial charge in [-0.2, -0.15) is 0 Å². The first-order valence-electron chi connectivity index (χ1n) is 13.1. The van der Waals surface area contributed by atoms with E-state index < -0.39 is 5.97 Å². The molecule has 184 valence electrons. The summed E-state index contributed by atoms with van der Waals surface area (Å²) in [5.41, 5.74) is 2.79. The zero-order chi connectivity index (χ0) is 23.8. The highest BCUT2D eigenvalue weighted by molar-refractivity contribution is 5.90. The third-order valence-electron chi connectivity index (χ3n) is 7.76. The van der Waals surface area contributed by atoms with Gasteiger partial charge in [-0.25, -0.2) is 4.79 Å². The number of nitrogens with one attached hydrogen (secondary N) is 1. The zero-order valence-electron chi connectivity index (χ0n) is 20.5. The molecular weight excluding hydrogens is 424 g/mol. The van der Waals surface area contributed by atoms with Crippen LogP contribution in [0.25, 0.3) is 0 Å². The number of rotatable bonds is 10. The fraction of sp³-hybridized carbons (Fsp3) is 0.552. The molecule has 0 spiro atoms. The van der Waals surface area contributed by atoms with E-state index >= 15 is 0 Å². The van der Waals surface area contributed by atoms with Gasteiger partial charge in [0.25, 0.3) is 0 Å². The van der Waals surface area contributed by atoms with Gasteiger partial charge in [0, 0.05) is 24.8 Å². The summed E-state index contributed by atoms with van der Waals surface area (Å²) >= 11 is 0. The SMILES string of the molecule is Cc1ccc(NC2CCN(CCC3CCCCC3CCOc3ccccc3C(=O)O)CC2)cc1. The van der Waals surface area contributed by atoms with Crippen LogP contribution in [0.15, 0.2) is 48.5 Å². The summed E-state index contributed by atoms with van der Waals surface area (Å²) in [5.74, 6) is 1.01. The third kappa shape index (κ3) is 6.99. The summed E-state index contributed by atoms with van der Waals surface area (Å²) in [5, 5.41) is 13.1. The van der Waals surface area contributed by atoms with E-state index in [0.717, 1.165) is 12.3 Å². The van der Waals surface area contributed by atoms with Gasteiger partial charge in [-0.15, -0.1) is 0 Å². The Kier molecular flexibility index (Phi) is 8.86. The molecule has 2 fully saturated rings. The summed E-state index contributed by atoms with van der Waals surface area (Å²) in [6, 6.07) is 16.3. The minimum Gasteiger partial charge on any atom is -0.493 e. The first kappa shape index (κ1) is 24.6. The van der Waals surface area contributed by atoms with Crippen LogP contribution < -0.4 is 10.1 Å². The lowest BCUT2D eigenvalue weighted by molar-refractivity contribution is 0.0691. The van der Waals surface area contributed by atoms with E-state index in [0.29, 0.717) is 24.3 Å². The molecule has 2 aromatic rings. The van der Waals surface area contributed by atoms with E-state index in [-0.39, 0.29) is 5.56 Å². The molecule has 1 aliphatic carbocycles. The Morgan fingerprint density at radius 2 is 1.65 bits per heavy atom. The predicted octanol–water partition coefficient (Wildman–Crippen LogP) is 6.24. The van der Waals surface area contributed by atoms with E-state index in [1.54, 1.807) is 18.2 Å². The van der Waals surface area contributed by atoms with Crippen molar-refractivity contribution in [2.75, 3.05) is 31.6 Å². The van der Waals surface area contributed by atoms with Gasteiger partial charge in [0.05, 0.1) is 6.61 Å². The molecule has 0 bridgehead atoms. The van der Waals surface area contributed by atoms with Crippen molar-refractivity contribution in [3.05, 3.63) is 59.7 Å². The monoisotopic (exact) mass is 464 g/mol. The summed E-state index contributed by atoms with van der Waals surface area (Å²) < 4.78 is 5.91. The lowest BCUT2D eigenvalue weighted by Gasteiger charge is -2.36. The van der Waals surface area contributed by atoms with Crippen LogP contribution in [-0.4, -0.2) is 48.3 Å². The van der Waals surface area contributed by atoms with Crippen LogP contribution in [-0.2, 0) is 0 Å². The van der Waals surface area contributed by atoms with Gasteiger partial charge in [-0.05, 0) is 75.3 Å². The summed E-state index contributed by atoms with van der Waals surface area (Å²) in [7, 11) is 0. The quantitative estimate of drug-likeness (QED) is 0.436. The molecule has 4 rings (SSSR count). The number of benzene rings is 2. The second-order valence-electron chi connectivity index (χ2n) is 10.2. The van der Waals surface area contributed by atoms with Crippen molar-refractivity contribution in [2.45, 2.75) is 64.3 Å². The Bertz CT molecular complexity index is 906. The zero-order valence-corrected chi connectivity index (χ0v) is 20.5. The molecule has 2 aromatic carbocycles. The molecule has 2 aliphatic rings. The van der Waals surface area contributed by atoms with Gasteiger partial charge in [0.1, 0.15) is 11.3 Å². The van der Waals surface area contributed by atoms with E-state index in [9.17, 15) is 9.90 Å². The minimum atomic E-state index is -0.927. The Labute approximate surface area is 204 Å². The number of ether oxygens (including phenoxy) is 1. The van der Waals surface area contributed by atoms with Crippen molar-refractivity contribution in [2.24, 2.45) is 11.8 Å². The minimum absolute atomic E-state index is 0.253. The first-order chi connectivity index (χ1) is 16.6. The smallest absolute Gasteiger partial charge is 0.339 e. The molecule has 34 heavy (non-hydrogen) atoms. The van der Waals surface area contributed by atoms with E-state index in [1.165, 1.54) is 75.8 Å². The number of hydrogen-bond donors (Lipinski definition) is 2. The molecule has 1 saturated heterocycles. The molecule has 0 radical (unpaired) electrons. The lowest BCUT2D eigenvalue weighted by atomic mass is 9.76. The summed E-state index contributed by atoms with van der Waals surface area (Å²) in [6.07, 6.45) is 9.94. The average molecular weight is 465 g/mol. The number of anilines is 1. The molecule has 5 nitrogen and oxygen atoms in total. The number of carboxylic acid groups (broad SMARTS) is 1. The van der Waals surface area contributed by atoms with E-state index in [2.05, 4.69) is 41.4 Å². The van der Waals surface area contributed by atoms with Crippen molar-refractivity contribution in [3.8, 4) is 5.75 Å². The molecule has 0 amide bonds. The molecular formula is C29H40N2O3. The van der Waals surface area contributed by atoms with Gasteiger partial charge in [-0.1, -0.05) is 55.5 Å². The molecule has 5 heteroatoms. The number of aromatic carboxylic acids is 1. The van der Waals surface area contributed by atoms with Gasteiger partial charge in [0.15, 0.2) is 0 Å². The molecule has 2 atom stereocenters. The number of piperidine rings is 1. The number of nitrogens with zero attached hydrogens (tertiary/aromatic N) is 1. The molecule has 1 saturated carbocycles. The number of aryl methyl sites for hydroxylation is 1. The van der Waals surface area contributed by atoms with Crippen LogP contribution in [0.2, 0.25) is 0 Å². The van der Waals surface area contributed by atoms with Crippen LogP contribution in [0.1, 0.15) is 67.3 Å². The lowest BCUT2D eigenvalue weighted by Crippen LogP contribution is -2.40. The molecule has 1 heterocycles. The molecule has 0 aromatic heterocycles. The number of likely N-dealkylation sites (tertiary alicyclic amines) is 1. The second-order valence-corrected chi connectivity index (χ2v) is 10.2. The Morgan fingerprint density at radius 1 is 0.971 bits per heavy atom. The summed E-state index contributed by atoms with van der Waals surface area (Å²) in [6.45, 7) is 6.28. The van der Waals surface area contributed by atoms with Crippen molar-refractivity contribution < 1.29 is 14.6 Å². The fourth-order valence-corrected chi connectivity index (χ4v) is 5.67. The van der Waals surface area contributed by atoms with Crippen LogP contribution in [0.5, 0.6) is 5.75 Å². The van der Waals surface area contributed by atoms with Gasteiger partial charge in [0.2, 0.25) is 0 Å². The van der Waals surface area contributed by atoms with Crippen molar-refractivity contribution in [1.29, 1.82) is 0 Å². The number of hydrogen-bond acceptors (Lipinski definition) is 4. The van der Waals surface area contributed by atoms with Gasteiger partial charge >= 0.3 is 5.97 Å². The Morgan fingerprint density at radius 3 is 2.35 bits per heavy atom. The number of carboxylic acids is 1. The van der Waals surface area contributed by atoms with Crippen molar-refractivity contribution >= 4 is 11.7 Å². The first-order valence-corrected chi connectivity index (χ1v) is 13.1. The number of para-hydroxylation sites is 1. The maximum absolute atomic E-state index is 11.4. The van der Waals surface area contributed by atoms with E-state index in [1.807, 2.05) is 6.07 Å². The molecule has 1 aliphatic heterocycles. The fourth-order valence-electron chi connectivity index (χ4n) is 5.67. The highest BCUT2D eigenvalue weighted by atomic mass is 16.5. The molecule has 2 N–H and O–H groups in total. The average Bonchev–Trinajstić information content (AvgIpc) is 2.86. The highest BCUT2D eigenvalue weighted by Gasteiger charge is 2.27. The maximum atomic E-state index is 11.4. The highest BCUT2D eigenvalue weighted by Crippen LogP contribution is 2.35. The van der Waals surface area contributed by atoms with Crippen LogP contribution in [0, 0.1) is 18.8 Å². The standard InChI is InChI=1S/C29H40N2O3/c1-22-10-12-25(13-11-22)30-26-15-19-31(20-16-26)18-14-23-6-2-3-7-24(23)17-21-34-28-9-5-4-8-27(28)29(32)33/h4-5,8-13,23-24,26,30H,2-3,6-7,14-21H2,1H3,(H,32,33). The van der Waals surface area contributed by atoms with Crippen LogP contribution >= 0.6 is 0 Å². The number of carbonyl (C=O) groups is 1. The van der Waals surface area contributed by atoms with Gasteiger partial charge < -0.3 is 20.1 Å². The second kappa shape index (κ2) is 12.3. The topological polar surface area (TPSA) is 61.8 Å². The van der Waals surface area contributed by atoms with E-state index in [4.69, 9.17) is 4.74 Å². The molecule has 2 unspecified atom stereocenters. The van der Waals surface area contributed by atoms with Crippen molar-refractivity contribution in [3.63, 3.8) is 0 Å². The Balaban J connectivity index is 1.19.